The fourth-order valence-electron chi connectivity index (χ4n) is 1.67. The van der Waals surface area contributed by atoms with Gasteiger partial charge >= 0.3 is 0 Å². The van der Waals surface area contributed by atoms with E-state index in [0.717, 1.165) is 0 Å². The number of hydrogen-bond donors (Lipinski definition) is 1. The summed E-state index contributed by atoms with van der Waals surface area (Å²) in [5.41, 5.74) is 0.948. The first-order valence-electron chi connectivity index (χ1n) is 5.07. The molecule has 1 rings (SSSR count). The van der Waals surface area contributed by atoms with E-state index in [2.05, 4.69) is 0 Å². The summed E-state index contributed by atoms with van der Waals surface area (Å²) in [6, 6.07) is 3.08. The van der Waals surface area contributed by atoms with Crippen LogP contribution in [0.3, 0.4) is 0 Å². The molecule has 0 saturated carbocycles. The van der Waals surface area contributed by atoms with Crippen molar-refractivity contribution >= 4 is 9.84 Å². The van der Waals surface area contributed by atoms with Gasteiger partial charge in [-0.15, -0.1) is 0 Å². The van der Waals surface area contributed by atoms with Gasteiger partial charge < -0.3 is 5.11 Å². The number of rotatable bonds is 1. The average molecular weight is 242 g/mol. The molecule has 0 saturated heterocycles. The van der Waals surface area contributed by atoms with Gasteiger partial charge in [-0.25, -0.2) is 8.42 Å². The third-order valence-electron chi connectivity index (χ3n) is 2.50. The van der Waals surface area contributed by atoms with Gasteiger partial charge in [0, 0.05) is 11.8 Å². The molecule has 0 heterocycles. The molecule has 0 unspecified atom stereocenters. The summed E-state index contributed by atoms with van der Waals surface area (Å²) in [4.78, 5) is 0.287. The Labute approximate surface area is 97.0 Å². The van der Waals surface area contributed by atoms with Crippen LogP contribution < -0.4 is 0 Å². The highest BCUT2D eigenvalue weighted by atomic mass is 32.2. The maximum atomic E-state index is 11.6. The minimum Gasteiger partial charge on any atom is -0.508 e. The first-order chi connectivity index (χ1) is 7.03. The molecule has 4 heteroatoms. The summed E-state index contributed by atoms with van der Waals surface area (Å²) in [6.07, 6.45) is 1.18. The standard InChI is InChI=1S/C12H18O3S/c1-8-6-10(13)9(12(2,3)4)7-11(8)16(5,14)15/h6-7,13H,1-5H3. The van der Waals surface area contributed by atoms with Crippen molar-refractivity contribution in [1.29, 1.82) is 0 Å². The highest BCUT2D eigenvalue weighted by Crippen LogP contribution is 2.34. The van der Waals surface area contributed by atoms with Crippen molar-refractivity contribution in [3.63, 3.8) is 0 Å². The number of phenols is 1. The van der Waals surface area contributed by atoms with Crippen molar-refractivity contribution in [2.24, 2.45) is 0 Å². The summed E-state index contributed by atoms with van der Waals surface area (Å²) >= 11 is 0. The van der Waals surface area contributed by atoms with Crippen molar-refractivity contribution in [3.05, 3.63) is 23.3 Å². The first kappa shape index (κ1) is 13.0. The Morgan fingerprint density at radius 3 is 2.06 bits per heavy atom. The summed E-state index contributed by atoms with van der Waals surface area (Å²) in [6.45, 7) is 7.49. The molecule has 0 fully saturated rings. The van der Waals surface area contributed by atoms with Crippen molar-refractivity contribution in [2.45, 2.75) is 38.0 Å². The fraction of sp³-hybridized carbons (Fsp3) is 0.500. The number of aromatic hydroxyl groups is 1. The lowest BCUT2D eigenvalue weighted by molar-refractivity contribution is 0.445. The van der Waals surface area contributed by atoms with E-state index in [1.54, 1.807) is 13.0 Å². The second-order valence-corrected chi connectivity index (χ2v) is 7.14. The van der Waals surface area contributed by atoms with Crippen molar-refractivity contribution in [3.8, 4) is 5.75 Å². The Morgan fingerprint density at radius 1 is 1.19 bits per heavy atom. The Hall–Kier alpha value is -1.03. The summed E-state index contributed by atoms with van der Waals surface area (Å²) < 4.78 is 23.1. The molecule has 1 N–H and O–H groups in total. The normalized spacial score (nSPS) is 12.8. The lowest BCUT2D eigenvalue weighted by atomic mass is 9.86. The third-order valence-corrected chi connectivity index (χ3v) is 3.74. The van der Waals surface area contributed by atoms with Crippen LogP contribution in [0.4, 0.5) is 0 Å². The third kappa shape index (κ3) is 2.55. The van der Waals surface area contributed by atoms with Crippen LogP contribution in [-0.4, -0.2) is 19.8 Å². The molecule has 0 aromatic heterocycles. The largest absolute Gasteiger partial charge is 0.508 e. The quantitative estimate of drug-likeness (QED) is 0.822. The molecule has 0 amide bonds. The van der Waals surface area contributed by atoms with E-state index in [0.29, 0.717) is 11.1 Å². The van der Waals surface area contributed by atoms with Crippen LogP contribution in [-0.2, 0) is 15.3 Å². The van der Waals surface area contributed by atoms with Crippen LogP contribution >= 0.6 is 0 Å². The molecule has 0 bridgehead atoms. The monoisotopic (exact) mass is 242 g/mol. The summed E-state index contributed by atoms with van der Waals surface area (Å²) in [7, 11) is -3.24. The van der Waals surface area contributed by atoms with Crippen molar-refractivity contribution in [2.75, 3.05) is 6.26 Å². The van der Waals surface area contributed by atoms with E-state index in [1.165, 1.54) is 12.3 Å². The fourth-order valence-corrected chi connectivity index (χ4v) is 2.65. The number of sulfone groups is 1. The zero-order chi connectivity index (χ0) is 12.7. The molecule has 0 atom stereocenters. The van der Waals surface area contributed by atoms with Gasteiger partial charge in [0.2, 0.25) is 0 Å². The van der Waals surface area contributed by atoms with Crippen LogP contribution in [0.15, 0.2) is 17.0 Å². The van der Waals surface area contributed by atoms with Gasteiger partial charge in [0.1, 0.15) is 5.75 Å². The van der Waals surface area contributed by atoms with Gasteiger partial charge in [0.15, 0.2) is 9.84 Å². The van der Waals surface area contributed by atoms with E-state index < -0.39 is 9.84 Å². The van der Waals surface area contributed by atoms with Crippen molar-refractivity contribution in [1.82, 2.24) is 0 Å². The number of phenolic OH excluding ortho intramolecular Hbond substituents is 1. The lowest BCUT2D eigenvalue weighted by Gasteiger charge is -2.21. The summed E-state index contributed by atoms with van der Waals surface area (Å²) in [5, 5.41) is 9.82. The van der Waals surface area contributed by atoms with Gasteiger partial charge in [-0.05, 0) is 30.0 Å². The molecule has 90 valence electrons. The summed E-state index contributed by atoms with van der Waals surface area (Å²) in [5.74, 6) is 0.150. The predicted octanol–water partition coefficient (Wildman–Crippen LogP) is 2.40. The van der Waals surface area contributed by atoms with Gasteiger partial charge in [-0.2, -0.15) is 0 Å². The molecule has 0 aliphatic heterocycles. The van der Waals surface area contributed by atoms with Crippen LogP contribution in [0.25, 0.3) is 0 Å². The SMILES string of the molecule is Cc1cc(O)c(C(C)(C)C)cc1S(C)(=O)=O. The average Bonchev–Trinajstić information content (AvgIpc) is 1.97. The Bertz CT molecular complexity index is 508. The molecule has 0 spiro atoms. The molecule has 3 nitrogen and oxygen atoms in total. The van der Waals surface area contributed by atoms with Crippen LogP contribution in [0.2, 0.25) is 0 Å². The Kier molecular flexibility index (Phi) is 3.07. The second kappa shape index (κ2) is 3.77. The minimum absolute atomic E-state index is 0.150. The molecule has 1 aromatic rings. The Morgan fingerprint density at radius 2 is 1.69 bits per heavy atom. The maximum Gasteiger partial charge on any atom is 0.175 e. The number of hydrogen-bond acceptors (Lipinski definition) is 3. The molecular weight excluding hydrogens is 224 g/mol. The molecule has 0 radical (unpaired) electrons. The topological polar surface area (TPSA) is 54.4 Å². The second-order valence-electron chi connectivity index (χ2n) is 5.16. The molecule has 0 aliphatic rings. The number of aryl methyl sites for hydroxylation is 1. The zero-order valence-electron chi connectivity index (χ0n) is 10.3. The van der Waals surface area contributed by atoms with Crippen LogP contribution in [0.1, 0.15) is 31.9 Å². The minimum atomic E-state index is -3.24. The molecule has 1 aromatic carbocycles. The molecular formula is C12H18O3S. The highest BCUT2D eigenvalue weighted by molar-refractivity contribution is 7.90. The first-order valence-corrected chi connectivity index (χ1v) is 6.97. The van der Waals surface area contributed by atoms with E-state index in [9.17, 15) is 13.5 Å². The number of benzene rings is 1. The van der Waals surface area contributed by atoms with Crippen LogP contribution in [0.5, 0.6) is 5.75 Å². The van der Waals surface area contributed by atoms with Gasteiger partial charge in [-0.1, -0.05) is 20.8 Å². The molecule has 0 aliphatic carbocycles. The van der Waals surface area contributed by atoms with Gasteiger partial charge in [0.05, 0.1) is 4.90 Å². The van der Waals surface area contributed by atoms with Crippen molar-refractivity contribution < 1.29 is 13.5 Å². The van der Waals surface area contributed by atoms with E-state index in [4.69, 9.17) is 0 Å². The predicted molar refractivity (Wildman–Crippen MR) is 64.7 cm³/mol. The molecule has 16 heavy (non-hydrogen) atoms. The van der Waals surface area contributed by atoms with E-state index >= 15 is 0 Å². The zero-order valence-corrected chi connectivity index (χ0v) is 11.1. The smallest absolute Gasteiger partial charge is 0.175 e. The van der Waals surface area contributed by atoms with E-state index in [1.807, 2.05) is 20.8 Å². The highest BCUT2D eigenvalue weighted by Gasteiger charge is 2.22. The van der Waals surface area contributed by atoms with Crippen LogP contribution in [0, 0.1) is 6.92 Å². The maximum absolute atomic E-state index is 11.6. The van der Waals surface area contributed by atoms with E-state index in [-0.39, 0.29) is 16.1 Å². The Balaban J connectivity index is 3.58. The van der Waals surface area contributed by atoms with Gasteiger partial charge in [0.25, 0.3) is 0 Å². The van der Waals surface area contributed by atoms with Gasteiger partial charge in [-0.3, -0.25) is 0 Å². The lowest BCUT2D eigenvalue weighted by Crippen LogP contribution is -2.13.